The number of nitrogens with zero attached hydrogens (tertiary/aromatic N) is 2. The average Bonchev–Trinajstić information content (AvgIpc) is 3.22. The van der Waals surface area contributed by atoms with E-state index < -0.39 is 18.0 Å². The van der Waals surface area contributed by atoms with Crippen LogP contribution in [0, 0.1) is 11.8 Å². The molecule has 5 rings (SSSR count). The van der Waals surface area contributed by atoms with E-state index in [0.29, 0.717) is 18.7 Å². The third kappa shape index (κ3) is 2.97. The Morgan fingerprint density at radius 2 is 2.09 bits per heavy atom. The quantitative estimate of drug-likeness (QED) is 0.394. The summed E-state index contributed by atoms with van der Waals surface area (Å²) in [6.45, 7) is 4.20. The summed E-state index contributed by atoms with van der Waals surface area (Å²) in [6, 6.07) is 10.1. The number of hydrogen-bond donors (Lipinski definition) is 2. The monoisotopic (exact) mass is 454 g/mol. The highest BCUT2D eigenvalue weighted by molar-refractivity contribution is 8.01. The molecule has 7 nitrogen and oxygen atoms in total. The highest BCUT2D eigenvalue weighted by Crippen LogP contribution is 2.51. The van der Waals surface area contributed by atoms with Gasteiger partial charge in [0.15, 0.2) is 0 Å². The standard InChI is InChI=1S/C24H26N2O5S/c1-12-16(22(24(30)31-3)26-21(12)19(13(2)28)23(26)29)11-25-17-6-4-5-15-9-14(7-8-27)10-18(32-25)20(15)17/h4-6,9-10,12-13,19,21,27-28H,7-8,11H2,1-3H3/t12?,13?,19-,21?/m1/s1. The van der Waals surface area contributed by atoms with Crippen molar-refractivity contribution < 1.29 is 24.5 Å². The number of benzene rings is 2. The summed E-state index contributed by atoms with van der Waals surface area (Å²) in [5, 5.41) is 21.8. The zero-order valence-corrected chi connectivity index (χ0v) is 19.1. The van der Waals surface area contributed by atoms with Crippen LogP contribution < -0.4 is 4.31 Å². The fraction of sp³-hybridized carbons (Fsp3) is 0.417. The molecule has 3 unspecified atom stereocenters. The van der Waals surface area contributed by atoms with Gasteiger partial charge in [-0.1, -0.05) is 25.1 Å². The van der Waals surface area contributed by atoms with Crippen molar-refractivity contribution in [3.05, 3.63) is 47.2 Å². The van der Waals surface area contributed by atoms with Gasteiger partial charge < -0.3 is 24.2 Å². The molecule has 3 aliphatic rings. The second-order valence-electron chi connectivity index (χ2n) is 8.69. The van der Waals surface area contributed by atoms with Crippen LogP contribution in [0.15, 0.2) is 46.5 Å². The van der Waals surface area contributed by atoms with Crippen LogP contribution in [0.2, 0.25) is 0 Å². The first kappa shape index (κ1) is 21.3. The lowest BCUT2D eigenvalue weighted by molar-refractivity contribution is -0.163. The number of fused-ring (bicyclic) bond motifs is 1. The van der Waals surface area contributed by atoms with Crippen LogP contribution in [0.4, 0.5) is 5.69 Å². The van der Waals surface area contributed by atoms with Gasteiger partial charge in [-0.05, 0) is 53.9 Å². The van der Waals surface area contributed by atoms with Gasteiger partial charge in [-0.15, -0.1) is 0 Å². The molecule has 168 valence electrons. The molecule has 3 heterocycles. The van der Waals surface area contributed by atoms with Gasteiger partial charge in [0.05, 0.1) is 37.4 Å². The molecule has 1 saturated heterocycles. The van der Waals surface area contributed by atoms with E-state index in [1.165, 1.54) is 12.0 Å². The maximum atomic E-state index is 12.8. The molecule has 2 aromatic rings. The van der Waals surface area contributed by atoms with Crippen molar-refractivity contribution >= 4 is 40.3 Å². The Labute approximate surface area is 190 Å². The first-order chi connectivity index (χ1) is 15.4. The zero-order valence-electron chi connectivity index (χ0n) is 18.2. The molecule has 0 spiro atoms. The summed E-state index contributed by atoms with van der Waals surface area (Å²) >= 11 is 1.61. The number of β-lactam (4-membered cyclic amide) rings is 1. The number of aliphatic hydroxyl groups excluding tert-OH is 2. The molecule has 0 radical (unpaired) electrons. The number of esters is 1. The van der Waals surface area contributed by atoms with Gasteiger partial charge in [0.25, 0.3) is 0 Å². The van der Waals surface area contributed by atoms with Gasteiger partial charge in [0.1, 0.15) is 5.70 Å². The maximum absolute atomic E-state index is 12.8. The van der Waals surface area contributed by atoms with E-state index >= 15 is 0 Å². The molecule has 0 aromatic heterocycles. The van der Waals surface area contributed by atoms with Crippen LogP contribution in [0.1, 0.15) is 19.4 Å². The van der Waals surface area contributed by atoms with E-state index in [1.807, 2.05) is 13.0 Å². The van der Waals surface area contributed by atoms with Crippen LogP contribution in [0.25, 0.3) is 10.8 Å². The second-order valence-corrected chi connectivity index (χ2v) is 9.75. The van der Waals surface area contributed by atoms with Crippen molar-refractivity contribution in [2.45, 2.75) is 37.3 Å². The van der Waals surface area contributed by atoms with Gasteiger partial charge in [0.2, 0.25) is 5.91 Å². The zero-order chi connectivity index (χ0) is 22.7. The number of ether oxygens (including phenoxy) is 1. The van der Waals surface area contributed by atoms with Crippen LogP contribution in [-0.2, 0) is 20.7 Å². The topological polar surface area (TPSA) is 90.3 Å². The molecule has 2 N–H and O–H groups in total. The normalized spacial score (nSPS) is 24.8. The summed E-state index contributed by atoms with van der Waals surface area (Å²) in [5.41, 5.74) is 3.32. The minimum Gasteiger partial charge on any atom is -0.464 e. The average molecular weight is 455 g/mol. The number of hydrogen-bond acceptors (Lipinski definition) is 7. The third-order valence-electron chi connectivity index (χ3n) is 6.86. The van der Waals surface area contributed by atoms with E-state index in [0.717, 1.165) is 32.5 Å². The Kier molecular flexibility index (Phi) is 5.19. The first-order valence-electron chi connectivity index (χ1n) is 10.8. The van der Waals surface area contributed by atoms with Crippen molar-refractivity contribution in [2.75, 3.05) is 24.6 Å². The van der Waals surface area contributed by atoms with Crippen LogP contribution >= 0.6 is 11.9 Å². The Hall–Kier alpha value is -2.55. The molecule has 3 aliphatic heterocycles. The minimum atomic E-state index is -0.770. The summed E-state index contributed by atoms with van der Waals surface area (Å²) < 4.78 is 7.19. The van der Waals surface area contributed by atoms with E-state index in [2.05, 4.69) is 28.6 Å². The molecule has 0 saturated carbocycles. The van der Waals surface area contributed by atoms with Crippen LogP contribution in [0.5, 0.6) is 0 Å². The third-order valence-corrected chi connectivity index (χ3v) is 7.93. The van der Waals surface area contributed by atoms with Crippen molar-refractivity contribution in [2.24, 2.45) is 11.8 Å². The van der Waals surface area contributed by atoms with Gasteiger partial charge in [-0.3, -0.25) is 4.79 Å². The SMILES string of the molecule is COC(=O)C1=C(CN2Sc3cc(CCO)cc4cccc2c34)C(C)C2[C@@H](C(C)O)C(=O)N12. The van der Waals surface area contributed by atoms with Gasteiger partial charge in [0, 0.05) is 22.8 Å². The predicted molar refractivity (Wildman–Crippen MR) is 122 cm³/mol. The van der Waals surface area contributed by atoms with Crippen molar-refractivity contribution in [1.82, 2.24) is 4.90 Å². The Bertz CT molecular complexity index is 1160. The van der Waals surface area contributed by atoms with Gasteiger partial charge in [-0.25, -0.2) is 4.79 Å². The lowest BCUT2D eigenvalue weighted by atomic mass is 9.78. The lowest BCUT2D eigenvalue weighted by Crippen LogP contribution is -2.63. The van der Waals surface area contributed by atoms with E-state index in [1.54, 1.807) is 18.9 Å². The van der Waals surface area contributed by atoms with Crippen molar-refractivity contribution in [3.63, 3.8) is 0 Å². The molecule has 8 heteroatoms. The maximum Gasteiger partial charge on any atom is 0.354 e. The van der Waals surface area contributed by atoms with Crippen LogP contribution in [0.3, 0.4) is 0 Å². The van der Waals surface area contributed by atoms with Crippen LogP contribution in [-0.4, -0.2) is 59.4 Å². The molecule has 1 fully saturated rings. The number of carbonyl (C=O) groups excluding carboxylic acids is 2. The highest BCUT2D eigenvalue weighted by atomic mass is 32.2. The van der Waals surface area contributed by atoms with Crippen molar-refractivity contribution in [1.29, 1.82) is 0 Å². The van der Waals surface area contributed by atoms with E-state index in [9.17, 15) is 19.8 Å². The molecule has 4 atom stereocenters. The number of methoxy groups -OCH3 is 1. The van der Waals surface area contributed by atoms with E-state index in [4.69, 9.17) is 4.74 Å². The molecular formula is C24H26N2O5S. The molecule has 1 amide bonds. The Morgan fingerprint density at radius 3 is 2.78 bits per heavy atom. The number of anilines is 1. The summed E-state index contributed by atoms with van der Waals surface area (Å²) in [7, 11) is 1.32. The minimum absolute atomic E-state index is 0.0742. The lowest BCUT2D eigenvalue weighted by Gasteiger charge is -2.46. The second kappa shape index (κ2) is 7.79. The molecule has 0 bridgehead atoms. The van der Waals surface area contributed by atoms with Crippen molar-refractivity contribution in [3.8, 4) is 0 Å². The number of amides is 1. The Balaban J connectivity index is 1.52. The number of carbonyl (C=O) groups is 2. The number of aliphatic hydroxyl groups is 2. The van der Waals surface area contributed by atoms with Gasteiger partial charge >= 0.3 is 5.97 Å². The fourth-order valence-electron chi connectivity index (χ4n) is 5.36. The largest absolute Gasteiger partial charge is 0.464 e. The summed E-state index contributed by atoms with van der Waals surface area (Å²) in [5.74, 6) is -1.32. The summed E-state index contributed by atoms with van der Waals surface area (Å²) in [6.07, 6.45) is -0.171. The number of rotatable bonds is 6. The molecule has 2 aromatic carbocycles. The molecule has 32 heavy (non-hydrogen) atoms. The fourth-order valence-corrected chi connectivity index (χ4v) is 6.57. The molecule has 0 aliphatic carbocycles. The summed E-state index contributed by atoms with van der Waals surface area (Å²) in [4.78, 5) is 28.1. The predicted octanol–water partition coefficient (Wildman–Crippen LogP) is 2.49. The smallest absolute Gasteiger partial charge is 0.354 e. The first-order valence-corrected chi connectivity index (χ1v) is 11.6. The highest BCUT2D eigenvalue weighted by Gasteiger charge is 2.60. The van der Waals surface area contributed by atoms with Gasteiger partial charge in [-0.2, -0.15) is 0 Å². The Morgan fingerprint density at radius 1 is 1.31 bits per heavy atom. The molecular weight excluding hydrogens is 428 g/mol. The van der Waals surface area contributed by atoms with E-state index in [-0.39, 0.29) is 24.5 Å².